The van der Waals surface area contributed by atoms with Crippen LogP contribution in [0.4, 0.5) is 0 Å². The largest absolute Gasteiger partial charge is 0.251 e. The molecule has 0 spiro atoms. The highest BCUT2D eigenvalue weighted by Crippen LogP contribution is 2.27. The molecule has 0 saturated heterocycles. The number of hydrogen-bond donors (Lipinski definition) is 2. The lowest BCUT2D eigenvalue weighted by atomic mass is 9.83. The van der Waals surface area contributed by atoms with Crippen molar-refractivity contribution in [1.82, 2.24) is 10.9 Å². The highest BCUT2D eigenvalue weighted by Gasteiger charge is 2.32. The number of nitrogens with zero attached hydrogens (tertiary/aromatic N) is 1. The summed E-state index contributed by atoms with van der Waals surface area (Å²) in [5, 5.41) is 9.19. The summed E-state index contributed by atoms with van der Waals surface area (Å²) in [6, 6.07) is 2.42. The van der Waals surface area contributed by atoms with Crippen LogP contribution in [0, 0.1) is 11.3 Å². The Hall–Kier alpha value is -0.590. The van der Waals surface area contributed by atoms with Crippen molar-refractivity contribution in [2.75, 3.05) is 0 Å². The molecule has 0 atom stereocenters. The molecule has 3 nitrogen and oxygen atoms in total. The van der Waals surface area contributed by atoms with Crippen molar-refractivity contribution in [3.63, 3.8) is 0 Å². The molecule has 14 heavy (non-hydrogen) atoms. The van der Waals surface area contributed by atoms with Crippen molar-refractivity contribution in [3.8, 4) is 6.07 Å². The van der Waals surface area contributed by atoms with Gasteiger partial charge >= 0.3 is 0 Å². The molecule has 0 aromatic heterocycles. The van der Waals surface area contributed by atoms with Gasteiger partial charge in [-0.2, -0.15) is 5.26 Å². The smallest absolute Gasteiger partial charge is 0.118 e. The molecule has 0 bridgehead atoms. The van der Waals surface area contributed by atoms with Gasteiger partial charge < -0.3 is 0 Å². The van der Waals surface area contributed by atoms with Gasteiger partial charge in [0.05, 0.1) is 6.07 Å². The van der Waals surface area contributed by atoms with E-state index in [2.05, 4.69) is 37.7 Å². The topological polar surface area (TPSA) is 47.8 Å². The fourth-order valence-corrected chi connectivity index (χ4v) is 1.73. The van der Waals surface area contributed by atoms with Gasteiger partial charge in [0.1, 0.15) is 5.54 Å². The standard InChI is InChI=1S/C11H21N3/c1-10(2,3)13-14-11(9-12)7-5-4-6-8-11/h13-14H,4-8H2,1-3H3. The monoisotopic (exact) mass is 195 g/mol. The van der Waals surface area contributed by atoms with E-state index in [1.54, 1.807) is 0 Å². The lowest BCUT2D eigenvalue weighted by Gasteiger charge is -2.35. The predicted octanol–water partition coefficient (Wildman–Crippen LogP) is 2.11. The number of hydrazine groups is 1. The summed E-state index contributed by atoms with van der Waals surface area (Å²) < 4.78 is 0. The van der Waals surface area contributed by atoms with Gasteiger partial charge in [-0.05, 0) is 33.6 Å². The lowest BCUT2D eigenvalue weighted by Crippen LogP contribution is -2.58. The van der Waals surface area contributed by atoms with Gasteiger partial charge in [-0.15, -0.1) is 0 Å². The first-order valence-electron chi connectivity index (χ1n) is 5.43. The Balaban J connectivity index is 2.50. The Kier molecular flexibility index (Phi) is 3.52. The van der Waals surface area contributed by atoms with Gasteiger partial charge in [-0.1, -0.05) is 19.3 Å². The van der Waals surface area contributed by atoms with Crippen molar-refractivity contribution in [1.29, 1.82) is 5.26 Å². The highest BCUT2D eigenvalue weighted by molar-refractivity contribution is 5.07. The van der Waals surface area contributed by atoms with E-state index in [4.69, 9.17) is 0 Å². The summed E-state index contributed by atoms with van der Waals surface area (Å²) in [5.74, 6) is 0. The second-order valence-corrected chi connectivity index (χ2v) is 5.25. The Morgan fingerprint density at radius 1 is 1.14 bits per heavy atom. The van der Waals surface area contributed by atoms with E-state index < -0.39 is 0 Å². The van der Waals surface area contributed by atoms with Crippen LogP contribution in [0.15, 0.2) is 0 Å². The fourth-order valence-electron chi connectivity index (χ4n) is 1.73. The first-order chi connectivity index (χ1) is 6.47. The van der Waals surface area contributed by atoms with Gasteiger partial charge in [0.15, 0.2) is 0 Å². The van der Waals surface area contributed by atoms with E-state index in [1.807, 2.05) is 0 Å². The maximum atomic E-state index is 9.19. The Morgan fingerprint density at radius 2 is 1.71 bits per heavy atom. The van der Waals surface area contributed by atoms with Gasteiger partial charge in [0.25, 0.3) is 0 Å². The van der Waals surface area contributed by atoms with Crippen molar-refractivity contribution in [2.45, 2.75) is 64.0 Å². The molecule has 0 amide bonds. The van der Waals surface area contributed by atoms with E-state index in [0.717, 1.165) is 25.7 Å². The molecule has 0 aliphatic heterocycles. The van der Waals surface area contributed by atoms with Crippen molar-refractivity contribution in [2.24, 2.45) is 0 Å². The average molecular weight is 195 g/mol. The molecular weight excluding hydrogens is 174 g/mol. The van der Waals surface area contributed by atoms with Gasteiger partial charge in [0.2, 0.25) is 0 Å². The van der Waals surface area contributed by atoms with Gasteiger partial charge in [0, 0.05) is 5.54 Å². The third-order valence-corrected chi connectivity index (χ3v) is 2.60. The normalized spacial score (nSPS) is 21.6. The molecule has 1 aliphatic carbocycles. The Bertz CT molecular complexity index is 216. The molecule has 0 heterocycles. The van der Waals surface area contributed by atoms with Crippen LogP contribution in [0.5, 0.6) is 0 Å². The van der Waals surface area contributed by atoms with Crippen LogP contribution in [-0.2, 0) is 0 Å². The second kappa shape index (κ2) is 4.29. The molecular formula is C11H21N3. The minimum Gasteiger partial charge on any atom is -0.251 e. The summed E-state index contributed by atoms with van der Waals surface area (Å²) in [7, 11) is 0. The number of nitrogens with one attached hydrogen (secondary N) is 2. The average Bonchev–Trinajstić information content (AvgIpc) is 2.15. The molecule has 1 fully saturated rings. The minimum absolute atomic E-state index is 0.0152. The van der Waals surface area contributed by atoms with Crippen LogP contribution in [0.1, 0.15) is 52.9 Å². The second-order valence-electron chi connectivity index (χ2n) is 5.25. The Morgan fingerprint density at radius 3 is 2.14 bits per heavy atom. The number of hydrogen-bond acceptors (Lipinski definition) is 3. The summed E-state index contributed by atoms with van der Waals surface area (Å²) in [4.78, 5) is 0. The van der Waals surface area contributed by atoms with Crippen LogP contribution in [0.3, 0.4) is 0 Å². The van der Waals surface area contributed by atoms with Crippen LogP contribution < -0.4 is 10.9 Å². The van der Waals surface area contributed by atoms with Gasteiger partial charge in [-0.3, -0.25) is 5.43 Å². The predicted molar refractivity (Wildman–Crippen MR) is 57.5 cm³/mol. The molecule has 2 N–H and O–H groups in total. The molecule has 3 heteroatoms. The molecule has 1 aliphatic rings. The first kappa shape index (κ1) is 11.5. The summed E-state index contributed by atoms with van der Waals surface area (Å²) >= 11 is 0. The highest BCUT2D eigenvalue weighted by atomic mass is 15.4. The zero-order valence-electron chi connectivity index (χ0n) is 9.48. The molecule has 80 valence electrons. The van der Waals surface area contributed by atoms with E-state index in [-0.39, 0.29) is 11.1 Å². The maximum Gasteiger partial charge on any atom is 0.118 e. The van der Waals surface area contributed by atoms with E-state index in [0.29, 0.717) is 0 Å². The third-order valence-electron chi connectivity index (χ3n) is 2.60. The molecule has 1 saturated carbocycles. The van der Waals surface area contributed by atoms with Crippen molar-refractivity contribution < 1.29 is 0 Å². The van der Waals surface area contributed by atoms with E-state index in [9.17, 15) is 5.26 Å². The Labute approximate surface area is 86.8 Å². The van der Waals surface area contributed by atoms with E-state index >= 15 is 0 Å². The minimum atomic E-state index is -0.328. The first-order valence-corrected chi connectivity index (χ1v) is 5.43. The van der Waals surface area contributed by atoms with Crippen LogP contribution in [0.25, 0.3) is 0 Å². The molecule has 0 unspecified atom stereocenters. The quantitative estimate of drug-likeness (QED) is 0.663. The maximum absolute atomic E-state index is 9.19. The molecule has 0 aromatic rings. The summed E-state index contributed by atoms with van der Waals surface area (Å²) in [6.07, 6.45) is 5.51. The number of rotatable bonds is 2. The molecule has 0 radical (unpaired) electrons. The van der Waals surface area contributed by atoms with Crippen molar-refractivity contribution in [3.05, 3.63) is 0 Å². The molecule has 0 aromatic carbocycles. The SMILES string of the molecule is CC(C)(C)NNC1(C#N)CCCCC1. The zero-order chi connectivity index (χ0) is 10.7. The van der Waals surface area contributed by atoms with Crippen LogP contribution in [-0.4, -0.2) is 11.1 Å². The van der Waals surface area contributed by atoms with Crippen LogP contribution in [0.2, 0.25) is 0 Å². The summed E-state index contributed by atoms with van der Waals surface area (Å²) in [5.41, 5.74) is 6.11. The van der Waals surface area contributed by atoms with E-state index in [1.165, 1.54) is 6.42 Å². The third kappa shape index (κ3) is 3.28. The van der Waals surface area contributed by atoms with Crippen molar-refractivity contribution >= 4 is 0 Å². The molecule has 1 rings (SSSR count). The summed E-state index contributed by atoms with van der Waals surface area (Å²) in [6.45, 7) is 6.27. The fraction of sp³-hybridized carbons (Fsp3) is 0.909. The van der Waals surface area contributed by atoms with Crippen LogP contribution >= 0.6 is 0 Å². The number of nitriles is 1. The van der Waals surface area contributed by atoms with Gasteiger partial charge in [-0.25, -0.2) is 5.43 Å². The zero-order valence-corrected chi connectivity index (χ0v) is 9.48. The lowest BCUT2D eigenvalue weighted by molar-refractivity contribution is 0.222.